The van der Waals surface area contributed by atoms with E-state index in [0.29, 0.717) is 50.2 Å². The third kappa shape index (κ3) is 6.73. The number of anilines is 1. The average molecular weight is 299 g/mol. The zero-order chi connectivity index (χ0) is 14.6. The van der Waals surface area contributed by atoms with Crippen molar-refractivity contribution in [1.82, 2.24) is 0 Å². The highest BCUT2D eigenvalue weighted by molar-refractivity contribution is 6.30. The Hall–Kier alpha value is -1.32. The van der Waals surface area contributed by atoms with E-state index in [-0.39, 0.29) is 0 Å². The van der Waals surface area contributed by atoms with E-state index < -0.39 is 0 Å². The Morgan fingerprint density at radius 1 is 1.15 bits per heavy atom. The molecule has 0 heterocycles. The van der Waals surface area contributed by atoms with Crippen LogP contribution in [0.5, 0.6) is 0 Å². The maximum Gasteiger partial charge on any atom is 0.101 e. The van der Waals surface area contributed by atoms with Gasteiger partial charge in [-0.15, -0.1) is 0 Å². The molecule has 0 atom stereocenters. The standard InChI is InChI=1S/C14H19ClN2O3/c1-18-6-7-20-9-8-19-5-4-17-14-10-13(15)3-2-12(14)11-16/h2-3,10,17H,4-9H2,1H3. The summed E-state index contributed by atoms with van der Waals surface area (Å²) in [5.41, 5.74) is 1.29. The SMILES string of the molecule is COCCOCCOCCNc1cc(Cl)ccc1C#N. The van der Waals surface area contributed by atoms with Crippen molar-refractivity contribution in [3.8, 4) is 6.07 Å². The van der Waals surface area contributed by atoms with E-state index in [9.17, 15) is 0 Å². The van der Waals surface area contributed by atoms with Crippen LogP contribution in [0.25, 0.3) is 0 Å². The van der Waals surface area contributed by atoms with Crippen LogP contribution in [-0.2, 0) is 14.2 Å². The Balaban J connectivity index is 2.12. The van der Waals surface area contributed by atoms with E-state index >= 15 is 0 Å². The van der Waals surface area contributed by atoms with Crippen molar-refractivity contribution in [1.29, 1.82) is 5.26 Å². The van der Waals surface area contributed by atoms with Crippen LogP contribution in [0.15, 0.2) is 18.2 Å². The summed E-state index contributed by atoms with van der Waals surface area (Å²) in [7, 11) is 1.64. The molecule has 1 aromatic carbocycles. The molecular weight excluding hydrogens is 280 g/mol. The number of nitrogens with one attached hydrogen (secondary N) is 1. The van der Waals surface area contributed by atoms with Gasteiger partial charge in [0.2, 0.25) is 0 Å². The van der Waals surface area contributed by atoms with Crippen molar-refractivity contribution in [3.63, 3.8) is 0 Å². The van der Waals surface area contributed by atoms with Gasteiger partial charge in [-0.1, -0.05) is 11.6 Å². The molecule has 6 heteroatoms. The van der Waals surface area contributed by atoms with Gasteiger partial charge in [0.15, 0.2) is 0 Å². The maximum absolute atomic E-state index is 8.96. The monoisotopic (exact) mass is 298 g/mol. The molecule has 0 fully saturated rings. The molecule has 0 radical (unpaired) electrons. The first-order valence-corrected chi connectivity index (χ1v) is 6.73. The molecule has 0 spiro atoms. The third-order valence-electron chi connectivity index (χ3n) is 2.47. The van der Waals surface area contributed by atoms with Crippen molar-refractivity contribution < 1.29 is 14.2 Å². The van der Waals surface area contributed by atoms with Crippen LogP contribution in [0.4, 0.5) is 5.69 Å². The Labute approximate surface area is 124 Å². The fraction of sp³-hybridized carbons (Fsp3) is 0.500. The molecule has 0 bridgehead atoms. The highest BCUT2D eigenvalue weighted by atomic mass is 35.5. The number of methoxy groups -OCH3 is 1. The van der Waals surface area contributed by atoms with Crippen LogP contribution in [0.3, 0.4) is 0 Å². The Kier molecular flexibility index (Phi) is 8.76. The van der Waals surface area contributed by atoms with Crippen LogP contribution >= 0.6 is 11.6 Å². The van der Waals surface area contributed by atoms with Crippen molar-refractivity contribution in [3.05, 3.63) is 28.8 Å². The molecule has 0 saturated heterocycles. The van der Waals surface area contributed by atoms with Crippen molar-refractivity contribution in [2.75, 3.05) is 52.0 Å². The van der Waals surface area contributed by atoms with Gasteiger partial charge in [-0.25, -0.2) is 0 Å². The normalized spacial score (nSPS) is 10.2. The summed E-state index contributed by atoms with van der Waals surface area (Å²) in [6.45, 7) is 3.38. The number of nitrogens with zero attached hydrogens (tertiary/aromatic N) is 1. The van der Waals surface area contributed by atoms with Crippen LogP contribution in [0, 0.1) is 11.3 Å². The minimum Gasteiger partial charge on any atom is -0.382 e. The Morgan fingerprint density at radius 2 is 1.85 bits per heavy atom. The summed E-state index contributed by atoms with van der Waals surface area (Å²) in [5, 5.41) is 12.7. The molecule has 0 aliphatic rings. The van der Waals surface area contributed by atoms with Gasteiger partial charge in [0, 0.05) is 18.7 Å². The minimum absolute atomic E-state index is 0.533. The first-order valence-electron chi connectivity index (χ1n) is 6.36. The van der Waals surface area contributed by atoms with Gasteiger partial charge in [0.05, 0.1) is 44.3 Å². The van der Waals surface area contributed by atoms with Crippen molar-refractivity contribution in [2.45, 2.75) is 0 Å². The molecule has 0 aliphatic carbocycles. The van der Waals surface area contributed by atoms with Gasteiger partial charge in [0.1, 0.15) is 6.07 Å². The number of nitriles is 1. The summed E-state index contributed by atoms with van der Waals surface area (Å²) in [6.07, 6.45) is 0. The highest BCUT2D eigenvalue weighted by Gasteiger charge is 2.01. The van der Waals surface area contributed by atoms with E-state index in [1.54, 1.807) is 25.3 Å². The highest BCUT2D eigenvalue weighted by Crippen LogP contribution is 2.19. The Bertz CT molecular complexity index is 435. The molecule has 20 heavy (non-hydrogen) atoms. The molecule has 1 rings (SSSR count). The lowest BCUT2D eigenvalue weighted by Crippen LogP contribution is -2.14. The molecule has 0 amide bonds. The van der Waals surface area contributed by atoms with Gasteiger partial charge in [-0.2, -0.15) is 5.26 Å². The summed E-state index contributed by atoms with van der Waals surface area (Å²) in [4.78, 5) is 0. The molecule has 1 aromatic rings. The third-order valence-corrected chi connectivity index (χ3v) is 2.70. The topological polar surface area (TPSA) is 63.5 Å². The van der Waals surface area contributed by atoms with Crippen molar-refractivity contribution in [2.24, 2.45) is 0 Å². The van der Waals surface area contributed by atoms with Crippen LogP contribution in [-0.4, -0.2) is 46.7 Å². The van der Waals surface area contributed by atoms with E-state index in [1.807, 2.05) is 0 Å². The van der Waals surface area contributed by atoms with E-state index in [1.165, 1.54) is 0 Å². The second-order valence-corrected chi connectivity index (χ2v) is 4.38. The average Bonchev–Trinajstić information content (AvgIpc) is 2.46. The molecule has 110 valence electrons. The number of hydrogen-bond donors (Lipinski definition) is 1. The first-order chi connectivity index (χ1) is 9.77. The fourth-order valence-corrected chi connectivity index (χ4v) is 1.65. The predicted octanol–water partition coefficient (Wildman–Crippen LogP) is 2.30. The second-order valence-electron chi connectivity index (χ2n) is 3.95. The molecule has 5 nitrogen and oxygen atoms in total. The summed E-state index contributed by atoms with van der Waals surface area (Å²) < 4.78 is 15.5. The number of halogens is 1. The van der Waals surface area contributed by atoms with Crippen LogP contribution in [0.1, 0.15) is 5.56 Å². The lowest BCUT2D eigenvalue weighted by atomic mass is 10.2. The number of rotatable bonds is 10. The van der Waals surface area contributed by atoms with Gasteiger partial charge < -0.3 is 19.5 Å². The van der Waals surface area contributed by atoms with Crippen molar-refractivity contribution >= 4 is 17.3 Å². The number of ether oxygens (including phenoxy) is 3. The zero-order valence-corrected chi connectivity index (χ0v) is 12.3. The number of hydrogen-bond acceptors (Lipinski definition) is 5. The van der Waals surface area contributed by atoms with E-state index in [0.717, 1.165) is 5.69 Å². The molecule has 0 saturated carbocycles. The number of benzene rings is 1. The van der Waals surface area contributed by atoms with E-state index in [2.05, 4.69) is 11.4 Å². The first kappa shape index (κ1) is 16.7. The molecule has 0 unspecified atom stereocenters. The quantitative estimate of drug-likeness (QED) is 0.672. The fourth-order valence-electron chi connectivity index (χ4n) is 1.48. The summed E-state index contributed by atoms with van der Waals surface area (Å²) in [5.74, 6) is 0. The van der Waals surface area contributed by atoms with Gasteiger partial charge in [0.25, 0.3) is 0 Å². The second kappa shape index (κ2) is 10.5. The Morgan fingerprint density at radius 3 is 2.55 bits per heavy atom. The lowest BCUT2D eigenvalue weighted by molar-refractivity contribution is 0.0272. The molecule has 0 aromatic heterocycles. The minimum atomic E-state index is 0.533. The molecule has 0 aliphatic heterocycles. The maximum atomic E-state index is 8.96. The molecular formula is C14H19ClN2O3. The largest absolute Gasteiger partial charge is 0.382 e. The smallest absolute Gasteiger partial charge is 0.101 e. The van der Waals surface area contributed by atoms with Gasteiger partial charge >= 0.3 is 0 Å². The lowest BCUT2D eigenvalue weighted by Gasteiger charge is -2.09. The predicted molar refractivity (Wildman–Crippen MR) is 78.2 cm³/mol. The molecule has 1 N–H and O–H groups in total. The van der Waals surface area contributed by atoms with Crippen LogP contribution < -0.4 is 5.32 Å². The van der Waals surface area contributed by atoms with E-state index in [4.69, 9.17) is 31.1 Å². The van der Waals surface area contributed by atoms with Crippen LogP contribution in [0.2, 0.25) is 5.02 Å². The van der Waals surface area contributed by atoms with Gasteiger partial charge in [-0.05, 0) is 18.2 Å². The summed E-state index contributed by atoms with van der Waals surface area (Å²) in [6, 6.07) is 7.22. The van der Waals surface area contributed by atoms with Gasteiger partial charge in [-0.3, -0.25) is 0 Å². The zero-order valence-electron chi connectivity index (χ0n) is 11.5. The summed E-state index contributed by atoms with van der Waals surface area (Å²) >= 11 is 5.89.